The normalized spacial score (nSPS) is 14.5. The molecule has 0 fully saturated rings. The number of amides is 1. The molecule has 0 aliphatic rings. The van der Waals surface area contributed by atoms with Crippen LogP contribution in [0.2, 0.25) is 0 Å². The maximum Gasteiger partial charge on any atom is 0.472 e. The van der Waals surface area contributed by atoms with Crippen molar-refractivity contribution in [3.05, 3.63) is 24.3 Å². The second-order valence-corrected chi connectivity index (χ2v) is 12.5. The maximum atomic E-state index is 12.1. The second kappa shape index (κ2) is 28.4. The number of aliphatic carboxylic acids is 1. The number of phosphoric ester groups is 1. The van der Waals surface area contributed by atoms with Gasteiger partial charge in [0.1, 0.15) is 12.7 Å². The number of esters is 1. The Kier molecular flexibility index (Phi) is 27.1. The van der Waals surface area contributed by atoms with E-state index in [1.165, 1.54) is 12.8 Å². The highest BCUT2D eigenvalue weighted by Crippen LogP contribution is 2.43. The predicted octanol–water partition coefficient (Wildman–Crippen LogP) is 6.77. The van der Waals surface area contributed by atoms with Crippen LogP contribution in [0.3, 0.4) is 0 Å². The first-order valence-electron chi connectivity index (χ1n) is 16.4. The Bertz CT molecular complexity index is 864. The highest BCUT2D eigenvalue weighted by atomic mass is 31.2. The van der Waals surface area contributed by atoms with Crippen molar-refractivity contribution < 1.29 is 47.8 Å². The number of hydrogen-bond donors (Lipinski definition) is 4. The number of aliphatic hydroxyl groups excluding tert-OH is 1. The third-order valence-corrected chi connectivity index (χ3v) is 7.69. The number of hydrogen-bond acceptors (Lipinski definition) is 8. The molecule has 0 aliphatic heterocycles. The smallest absolute Gasteiger partial charge is 0.472 e. The fraction of sp³-hybridized carbons (Fsp3) is 0.781. The molecule has 256 valence electrons. The van der Waals surface area contributed by atoms with Gasteiger partial charge in [-0.2, -0.15) is 0 Å². The quantitative estimate of drug-likeness (QED) is 0.0283. The van der Waals surface area contributed by atoms with Gasteiger partial charge in [-0.15, -0.1) is 0 Å². The number of carbonyl (C=O) groups is 3. The van der Waals surface area contributed by atoms with Crippen LogP contribution in [0, 0.1) is 0 Å². The Balaban J connectivity index is 4.00. The Hall–Kier alpha value is -2.04. The van der Waals surface area contributed by atoms with E-state index in [1.807, 2.05) is 0 Å². The number of rotatable bonds is 30. The van der Waals surface area contributed by atoms with E-state index in [9.17, 15) is 34.1 Å². The summed E-state index contributed by atoms with van der Waals surface area (Å²) in [4.78, 5) is 45.2. The molecule has 0 aromatic carbocycles. The Labute approximate surface area is 264 Å². The first-order valence-corrected chi connectivity index (χ1v) is 17.9. The molecule has 0 radical (unpaired) electrons. The predicted molar refractivity (Wildman–Crippen MR) is 171 cm³/mol. The molecule has 0 heterocycles. The van der Waals surface area contributed by atoms with E-state index in [1.54, 1.807) is 0 Å². The topological polar surface area (TPSA) is 169 Å². The highest BCUT2D eigenvalue weighted by molar-refractivity contribution is 7.47. The number of carboxylic acids is 1. The van der Waals surface area contributed by atoms with E-state index in [-0.39, 0.29) is 12.8 Å². The Morgan fingerprint density at radius 2 is 1.27 bits per heavy atom. The molecule has 12 heteroatoms. The highest BCUT2D eigenvalue weighted by Gasteiger charge is 2.28. The molecule has 4 N–H and O–H groups in total. The lowest BCUT2D eigenvalue weighted by Gasteiger charge is -2.18. The van der Waals surface area contributed by atoms with Crippen LogP contribution in [0.1, 0.15) is 129 Å². The number of nitrogens with one attached hydrogen (secondary N) is 1. The average molecular weight is 648 g/mol. The average Bonchev–Trinajstić information content (AvgIpc) is 2.99. The molecule has 0 aromatic rings. The first kappa shape index (κ1) is 42.0. The number of allylic oxidation sites excluding steroid dienone is 4. The van der Waals surface area contributed by atoms with Crippen molar-refractivity contribution in [1.29, 1.82) is 0 Å². The monoisotopic (exact) mass is 647 g/mol. The largest absolute Gasteiger partial charge is 0.480 e. The SMILES string of the molecule is CCCC/C=C\C/C=C\CCCCCCCC(=O)OCC(O)COP(=O)(O)OCC(NC(=O)CCCCCCCC)C(=O)O. The molecule has 0 saturated heterocycles. The fourth-order valence-corrected chi connectivity index (χ4v) is 4.87. The summed E-state index contributed by atoms with van der Waals surface area (Å²) >= 11 is 0. The number of carbonyl (C=O) groups excluding carboxylic acids is 2. The summed E-state index contributed by atoms with van der Waals surface area (Å²) in [5.41, 5.74) is 0. The summed E-state index contributed by atoms with van der Waals surface area (Å²) in [5.74, 6) is -2.41. The van der Waals surface area contributed by atoms with Gasteiger partial charge < -0.3 is 25.2 Å². The maximum absolute atomic E-state index is 12.1. The van der Waals surface area contributed by atoms with Crippen molar-refractivity contribution in [2.75, 3.05) is 19.8 Å². The number of aliphatic hydroxyl groups is 1. The Morgan fingerprint density at radius 3 is 1.91 bits per heavy atom. The van der Waals surface area contributed by atoms with Crippen molar-refractivity contribution in [3.63, 3.8) is 0 Å². The van der Waals surface area contributed by atoms with E-state index < -0.39 is 57.6 Å². The lowest BCUT2D eigenvalue weighted by Crippen LogP contribution is -2.43. The molecule has 0 rings (SSSR count). The minimum absolute atomic E-state index is 0.142. The zero-order valence-corrected chi connectivity index (χ0v) is 27.9. The lowest BCUT2D eigenvalue weighted by molar-refractivity contribution is -0.147. The van der Waals surface area contributed by atoms with Crippen LogP contribution >= 0.6 is 7.82 Å². The number of unbranched alkanes of at least 4 members (excludes halogenated alkanes) is 12. The van der Waals surface area contributed by atoms with Gasteiger partial charge in [-0.3, -0.25) is 18.6 Å². The van der Waals surface area contributed by atoms with E-state index in [0.717, 1.165) is 77.0 Å². The molecule has 44 heavy (non-hydrogen) atoms. The van der Waals surface area contributed by atoms with Crippen LogP contribution < -0.4 is 5.32 Å². The third kappa shape index (κ3) is 27.5. The fourth-order valence-electron chi connectivity index (χ4n) is 4.09. The first-order chi connectivity index (χ1) is 21.1. The molecule has 1 amide bonds. The van der Waals surface area contributed by atoms with Crippen LogP contribution in [0.5, 0.6) is 0 Å². The van der Waals surface area contributed by atoms with E-state index in [0.29, 0.717) is 12.8 Å². The van der Waals surface area contributed by atoms with E-state index in [2.05, 4.69) is 43.5 Å². The van der Waals surface area contributed by atoms with Crippen LogP contribution in [-0.4, -0.2) is 64.9 Å². The van der Waals surface area contributed by atoms with Gasteiger partial charge in [-0.1, -0.05) is 102 Å². The zero-order chi connectivity index (χ0) is 32.9. The molecule has 0 spiro atoms. The van der Waals surface area contributed by atoms with Crippen molar-refractivity contribution in [1.82, 2.24) is 5.32 Å². The zero-order valence-electron chi connectivity index (χ0n) is 27.0. The van der Waals surface area contributed by atoms with Crippen molar-refractivity contribution in [2.24, 2.45) is 0 Å². The summed E-state index contributed by atoms with van der Waals surface area (Å²) in [5, 5.41) is 21.5. The van der Waals surface area contributed by atoms with Gasteiger partial charge in [0.15, 0.2) is 6.04 Å². The number of phosphoric acid groups is 1. The van der Waals surface area contributed by atoms with Crippen molar-refractivity contribution >= 4 is 25.7 Å². The third-order valence-electron chi connectivity index (χ3n) is 6.74. The van der Waals surface area contributed by atoms with Gasteiger partial charge in [0.2, 0.25) is 5.91 Å². The van der Waals surface area contributed by atoms with Crippen LogP contribution in [0.25, 0.3) is 0 Å². The standard InChI is InChI=1S/C32H58NO10P/c1-3-5-7-9-11-12-13-14-15-16-17-18-20-22-24-31(36)41-25-28(34)26-42-44(39,40)43-27-29(32(37)38)33-30(35)23-21-19-10-8-6-4-2/h9,11,13-14,28-29,34H,3-8,10,12,15-27H2,1-2H3,(H,33,35)(H,37,38)(H,39,40)/b11-9-,14-13-. The molecule has 0 aliphatic carbocycles. The summed E-state index contributed by atoms with van der Waals surface area (Å²) in [6.07, 6.45) is 24.0. The summed E-state index contributed by atoms with van der Waals surface area (Å²) < 4.78 is 26.5. The summed E-state index contributed by atoms with van der Waals surface area (Å²) in [6.45, 7) is 2.40. The second-order valence-electron chi connectivity index (χ2n) is 11.0. The number of ether oxygens (including phenoxy) is 1. The lowest BCUT2D eigenvalue weighted by atomic mass is 10.1. The molecule has 3 atom stereocenters. The van der Waals surface area contributed by atoms with Gasteiger partial charge in [0, 0.05) is 12.8 Å². The van der Waals surface area contributed by atoms with Gasteiger partial charge >= 0.3 is 19.8 Å². The van der Waals surface area contributed by atoms with E-state index >= 15 is 0 Å². The van der Waals surface area contributed by atoms with Gasteiger partial charge in [-0.25, -0.2) is 9.36 Å². The number of carboxylic acid groups (broad SMARTS) is 1. The minimum Gasteiger partial charge on any atom is -0.480 e. The van der Waals surface area contributed by atoms with Crippen LogP contribution in [0.4, 0.5) is 0 Å². The van der Waals surface area contributed by atoms with Crippen molar-refractivity contribution in [2.45, 2.75) is 142 Å². The molecule has 0 saturated carbocycles. The molecule has 11 nitrogen and oxygen atoms in total. The molecule has 3 unspecified atom stereocenters. The van der Waals surface area contributed by atoms with Crippen LogP contribution in [-0.2, 0) is 32.7 Å². The van der Waals surface area contributed by atoms with Crippen molar-refractivity contribution in [3.8, 4) is 0 Å². The van der Waals surface area contributed by atoms with Gasteiger partial charge in [-0.05, 0) is 38.5 Å². The summed E-state index contributed by atoms with van der Waals surface area (Å²) in [6, 6.07) is -1.54. The summed E-state index contributed by atoms with van der Waals surface area (Å²) in [7, 11) is -4.74. The molecular formula is C32H58NO10P. The Morgan fingerprint density at radius 1 is 0.727 bits per heavy atom. The van der Waals surface area contributed by atoms with Crippen LogP contribution in [0.15, 0.2) is 24.3 Å². The molecule has 0 bridgehead atoms. The minimum atomic E-state index is -4.74. The molecular weight excluding hydrogens is 589 g/mol. The van der Waals surface area contributed by atoms with Gasteiger partial charge in [0.25, 0.3) is 0 Å². The van der Waals surface area contributed by atoms with Gasteiger partial charge in [0.05, 0.1) is 13.2 Å². The molecule has 0 aromatic heterocycles. The van der Waals surface area contributed by atoms with E-state index in [4.69, 9.17) is 13.8 Å².